The third kappa shape index (κ3) is 3.09. The van der Waals surface area contributed by atoms with Crippen LogP contribution in [0.1, 0.15) is 15.9 Å². The Bertz CT molecular complexity index is 601. The number of halogens is 2. The van der Waals surface area contributed by atoms with Crippen LogP contribution >= 0.6 is 27.5 Å². The number of nitrogens with one attached hydrogen (secondary N) is 1. The zero-order valence-electron chi connectivity index (χ0n) is 9.58. The first kappa shape index (κ1) is 13.1. The predicted molar refractivity (Wildman–Crippen MR) is 76.1 cm³/mol. The van der Waals surface area contributed by atoms with Crippen molar-refractivity contribution >= 4 is 39.3 Å². The summed E-state index contributed by atoms with van der Waals surface area (Å²) in [5.74, 6) is 0.318. The summed E-state index contributed by atoms with van der Waals surface area (Å²) in [7, 11) is 0. The van der Waals surface area contributed by atoms with Crippen LogP contribution in [0.3, 0.4) is 0 Å². The molecule has 92 valence electrons. The van der Waals surface area contributed by atoms with Crippen molar-refractivity contribution in [1.82, 2.24) is 4.98 Å². The van der Waals surface area contributed by atoms with Gasteiger partial charge in [0.15, 0.2) is 0 Å². The number of aromatic nitrogens is 1. The summed E-state index contributed by atoms with van der Waals surface area (Å²) in [5.41, 5.74) is 1.39. The molecule has 0 aliphatic heterocycles. The number of aryl methyl sites for hydroxylation is 1. The lowest BCUT2D eigenvalue weighted by Crippen LogP contribution is -2.13. The minimum Gasteiger partial charge on any atom is -0.306 e. The van der Waals surface area contributed by atoms with Gasteiger partial charge < -0.3 is 5.32 Å². The van der Waals surface area contributed by atoms with E-state index in [0.29, 0.717) is 16.4 Å². The van der Waals surface area contributed by atoms with E-state index in [1.165, 1.54) is 0 Å². The summed E-state index contributed by atoms with van der Waals surface area (Å²) in [4.78, 5) is 16.1. The van der Waals surface area contributed by atoms with Crippen molar-refractivity contribution in [2.45, 2.75) is 6.92 Å². The van der Waals surface area contributed by atoms with Gasteiger partial charge in [-0.25, -0.2) is 4.98 Å². The molecule has 5 heteroatoms. The molecule has 0 unspecified atom stereocenters. The molecular weight excluding hydrogens is 316 g/mol. The molecule has 1 amide bonds. The van der Waals surface area contributed by atoms with Crippen molar-refractivity contribution in [3.63, 3.8) is 0 Å². The van der Waals surface area contributed by atoms with Gasteiger partial charge in [-0.05, 0) is 52.7 Å². The van der Waals surface area contributed by atoms with Gasteiger partial charge in [0.1, 0.15) is 5.82 Å². The van der Waals surface area contributed by atoms with Crippen LogP contribution in [0.2, 0.25) is 5.02 Å². The Morgan fingerprint density at radius 3 is 2.83 bits per heavy atom. The molecule has 18 heavy (non-hydrogen) atoms. The maximum atomic E-state index is 12.0. The van der Waals surface area contributed by atoms with Gasteiger partial charge in [0.05, 0.1) is 0 Å². The van der Waals surface area contributed by atoms with Gasteiger partial charge in [0.25, 0.3) is 5.91 Å². The van der Waals surface area contributed by atoms with E-state index >= 15 is 0 Å². The molecule has 0 atom stereocenters. The van der Waals surface area contributed by atoms with Crippen LogP contribution in [0.5, 0.6) is 0 Å². The van der Waals surface area contributed by atoms with E-state index in [2.05, 4.69) is 26.2 Å². The van der Waals surface area contributed by atoms with Crippen LogP contribution in [0.15, 0.2) is 41.0 Å². The van der Waals surface area contributed by atoms with E-state index in [9.17, 15) is 4.79 Å². The molecule has 1 N–H and O–H groups in total. The second-order valence-corrected chi connectivity index (χ2v) is 5.14. The first-order chi connectivity index (χ1) is 8.56. The highest BCUT2D eigenvalue weighted by molar-refractivity contribution is 9.10. The summed E-state index contributed by atoms with van der Waals surface area (Å²) in [6, 6.07) is 8.67. The first-order valence-electron chi connectivity index (χ1n) is 5.25. The number of anilines is 1. The Morgan fingerprint density at radius 1 is 1.39 bits per heavy atom. The van der Waals surface area contributed by atoms with E-state index < -0.39 is 0 Å². The van der Waals surface area contributed by atoms with E-state index in [0.717, 1.165) is 10.0 Å². The average molecular weight is 326 g/mol. The van der Waals surface area contributed by atoms with Crippen molar-refractivity contribution in [1.29, 1.82) is 0 Å². The first-order valence-corrected chi connectivity index (χ1v) is 6.42. The van der Waals surface area contributed by atoms with Gasteiger partial charge in [0, 0.05) is 21.3 Å². The van der Waals surface area contributed by atoms with Gasteiger partial charge in [-0.1, -0.05) is 17.7 Å². The standard InChI is InChI=1S/C13H10BrClN2O/c1-8-5-10(14)7-16-12(8)17-13(18)9-3-2-4-11(15)6-9/h2-7H,1H3,(H,16,17,18). The number of carbonyl (C=O) groups excluding carboxylic acids is 1. The van der Waals surface area contributed by atoms with Crippen molar-refractivity contribution in [3.05, 3.63) is 57.2 Å². The lowest BCUT2D eigenvalue weighted by atomic mass is 10.2. The number of hydrogen-bond donors (Lipinski definition) is 1. The Kier molecular flexibility index (Phi) is 3.99. The maximum Gasteiger partial charge on any atom is 0.256 e. The summed E-state index contributed by atoms with van der Waals surface area (Å²) < 4.78 is 0.876. The molecule has 2 aromatic rings. The summed E-state index contributed by atoms with van der Waals surface area (Å²) in [6.07, 6.45) is 1.64. The number of hydrogen-bond acceptors (Lipinski definition) is 2. The Labute approximate surface area is 118 Å². The molecule has 0 saturated carbocycles. The number of nitrogens with zero attached hydrogens (tertiary/aromatic N) is 1. The minimum atomic E-state index is -0.226. The lowest BCUT2D eigenvalue weighted by molar-refractivity contribution is 0.102. The monoisotopic (exact) mass is 324 g/mol. The number of pyridine rings is 1. The number of carbonyl (C=O) groups is 1. The van der Waals surface area contributed by atoms with Crippen LogP contribution < -0.4 is 5.32 Å². The summed E-state index contributed by atoms with van der Waals surface area (Å²) >= 11 is 9.17. The number of benzene rings is 1. The number of rotatable bonds is 2. The van der Waals surface area contributed by atoms with Gasteiger partial charge in [-0.2, -0.15) is 0 Å². The quantitative estimate of drug-likeness (QED) is 0.905. The zero-order chi connectivity index (χ0) is 13.1. The fourth-order valence-electron chi connectivity index (χ4n) is 1.48. The lowest BCUT2D eigenvalue weighted by Gasteiger charge is -2.07. The highest BCUT2D eigenvalue weighted by Gasteiger charge is 2.09. The summed E-state index contributed by atoms with van der Waals surface area (Å²) in [6.45, 7) is 1.88. The normalized spacial score (nSPS) is 10.2. The topological polar surface area (TPSA) is 42.0 Å². The second-order valence-electron chi connectivity index (χ2n) is 3.78. The molecule has 0 aliphatic carbocycles. The third-order valence-electron chi connectivity index (χ3n) is 2.36. The van der Waals surface area contributed by atoms with E-state index in [1.54, 1.807) is 30.5 Å². The van der Waals surface area contributed by atoms with Crippen molar-refractivity contribution in [2.75, 3.05) is 5.32 Å². The van der Waals surface area contributed by atoms with Crippen molar-refractivity contribution in [3.8, 4) is 0 Å². The zero-order valence-corrected chi connectivity index (χ0v) is 11.9. The highest BCUT2D eigenvalue weighted by atomic mass is 79.9. The fraction of sp³-hybridized carbons (Fsp3) is 0.0769. The highest BCUT2D eigenvalue weighted by Crippen LogP contribution is 2.18. The second kappa shape index (κ2) is 5.50. The Balaban J connectivity index is 2.21. The molecule has 0 aliphatic rings. The van der Waals surface area contributed by atoms with Gasteiger partial charge >= 0.3 is 0 Å². The molecule has 1 aromatic carbocycles. The van der Waals surface area contributed by atoms with Crippen LogP contribution in [0.25, 0.3) is 0 Å². The van der Waals surface area contributed by atoms with E-state index in [1.807, 2.05) is 13.0 Å². The predicted octanol–water partition coefficient (Wildman–Crippen LogP) is 4.06. The molecule has 1 aromatic heterocycles. The number of amides is 1. The minimum absolute atomic E-state index is 0.226. The largest absolute Gasteiger partial charge is 0.306 e. The van der Waals surface area contributed by atoms with Crippen molar-refractivity contribution < 1.29 is 4.79 Å². The molecule has 3 nitrogen and oxygen atoms in total. The van der Waals surface area contributed by atoms with Crippen LogP contribution in [0.4, 0.5) is 5.82 Å². The molecular formula is C13H10BrClN2O. The molecule has 0 spiro atoms. The van der Waals surface area contributed by atoms with E-state index in [4.69, 9.17) is 11.6 Å². The smallest absolute Gasteiger partial charge is 0.256 e. The van der Waals surface area contributed by atoms with Gasteiger partial charge in [0.2, 0.25) is 0 Å². The fourth-order valence-corrected chi connectivity index (χ4v) is 2.12. The molecule has 0 radical (unpaired) electrons. The van der Waals surface area contributed by atoms with Gasteiger partial charge in [-0.15, -0.1) is 0 Å². The summed E-state index contributed by atoms with van der Waals surface area (Å²) in [5, 5.41) is 3.28. The average Bonchev–Trinajstić information content (AvgIpc) is 2.32. The van der Waals surface area contributed by atoms with Crippen LogP contribution in [-0.4, -0.2) is 10.9 Å². The van der Waals surface area contributed by atoms with Crippen LogP contribution in [0, 0.1) is 6.92 Å². The van der Waals surface area contributed by atoms with E-state index in [-0.39, 0.29) is 5.91 Å². The Morgan fingerprint density at radius 2 is 2.17 bits per heavy atom. The molecule has 0 saturated heterocycles. The third-order valence-corrected chi connectivity index (χ3v) is 3.03. The molecule has 0 fully saturated rings. The Hall–Kier alpha value is -1.39. The molecule has 1 heterocycles. The SMILES string of the molecule is Cc1cc(Br)cnc1NC(=O)c1cccc(Cl)c1. The molecule has 2 rings (SSSR count). The molecule has 0 bridgehead atoms. The van der Waals surface area contributed by atoms with Gasteiger partial charge in [-0.3, -0.25) is 4.79 Å². The van der Waals surface area contributed by atoms with Crippen molar-refractivity contribution in [2.24, 2.45) is 0 Å². The maximum absolute atomic E-state index is 12.0. The van der Waals surface area contributed by atoms with Crippen LogP contribution in [-0.2, 0) is 0 Å².